The fourth-order valence-corrected chi connectivity index (χ4v) is 11.4. The summed E-state index contributed by atoms with van der Waals surface area (Å²) >= 11 is 0. The van der Waals surface area contributed by atoms with Crippen LogP contribution in [0.5, 0.6) is 0 Å². The summed E-state index contributed by atoms with van der Waals surface area (Å²) in [4.78, 5) is 0. The zero-order valence-electron chi connectivity index (χ0n) is 9.93. The number of benzene rings is 2. The Hall–Kier alpha value is -1.13. The van der Waals surface area contributed by atoms with Crippen molar-refractivity contribution in [1.82, 2.24) is 0 Å². The SMILES string of the molecule is C[SiH](C)[SiH](c1ccccc1)c1ccccc1. The van der Waals surface area contributed by atoms with Gasteiger partial charge >= 0.3 is 0 Å². The van der Waals surface area contributed by atoms with Crippen molar-refractivity contribution in [2.24, 2.45) is 0 Å². The Labute approximate surface area is 101 Å². The van der Waals surface area contributed by atoms with Crippen LogP contribution < -0.4 is 10.4 Å². The lowest BCUT2D eigenvalue weighted by Crippen LogP contribution is -2.51. The Morgan fingerprint density at radius 2 is 1.00 bits per heavy atom. The molecular weight excluding hydrogens is 224 g/mol. The predicted molar refractivity (Wildman–Crippen MR) is 78.2 cm³/mol. The standard InChI is InChI=1S/C14H18Si2/c1-15(2)16(13-9-5-3-6-10-13)14-11-7-4-8-12-14/h3-12,15-16H,1-2H3. The van der Waals surface area contributed by atoms with E-state index >= 15 is 0 Å². The minimum atomic E-state index is -0.885. The van der Waals surface area contributed by atoms with E-state index in [4.69, 9.17) is 0 Å². The zero-order valence-corrected chi connectivity index (χ0v) is 12.2. The maximum Gasteiger partial charge on any atom is 0.0922 e. The minimum Gasteiger partial charge on any atom is -0.0737 e. The van der Waals surface area contributed by atoms with Crippen LogP contribution in [0.1, 0.15) is 0 Å². The van der Waals surface area contributed by atoms with Crippen LogP contribution in [0.15, 0.2) is 60.7 Å². The Morgan fingerprint density at radius 1 is 0.625 bits per heavy atom. The largest absolute Gasteiger partial charge is 0.0922 e. The molecule has 0 N–H and O–H groups in total. The first kappa shape index (κ1) is 11.4. The van der Waals surface area contributed by atoms with Crippen LogP contribution in [0.25, 0.3) is 0 Å². The monoisotopic (exact) mass is 242 g/mol. The molecule has 82 valence electrons. The van der Waals surface area contributed by atoms with E-state index in [-0.39, 0.29) is 0 Å². The molecule has 0 nitrogen and oxygen atoms in total. The smallest absolute Gasteiger partial charge is 0.0737 e. The van der Waals surface area contributed by atoms with E-state index in [9.17, 15) is 0 Å². The van der Waals surface area contributed by atoms with Gasteiger partial charge in [-0.25, -0.2) is 0 Å². The summed E-state index contributed by atoms with van der Waals surface area (Å²) in [5, 5.41) is 3.21. The number of hydrogen-bond donors (Lipinski definition) is 0. The average Bonchev–Trinajstić information content (AvgIpc) is 2.31. The summed E-state index contributed by atoms with van der Waals surface area (Å²) < 4.78 is 0. The van der Waals surface area contributed by atoms with Gasteiger partial charge in [0.15, 0.2) is 0 Å². The molecule has 0 aromatic heterocycles. The van der Waals surface area contributed by atoms with Gasteiger partial charge in [0, 0.05) is 8.31 Å². The quantitative estimate of drug-likeness (QED) is 0.717. The molecule has 0 heterocycles. The first-order valence-electron chi connectivity index (χ1n) is 5.89. The van der Waals surface area contributed by atoms with Gasteiger partial charge in [0.1, 0.15) is 0 Å². The van der Waals surface area contributed by atoms with Gasteiger partial charge in [0.25, 0.3) is 0 Å². The minimum absolute atomic E-state index is 0.600. The van der Waals surface area contributed by atoms with Crippen molar-refractivity contribution in [3.05, 3.63) is 60.7 Å². The molecule has 0 unspecified atom stereocenters. The van der Waals surface area contributed by atoms with Crippen LogP contribution >= 0.6 is 0 Å². The van der Waals surface area contributed by atoms with Crippen LogP contribution in [0.2, 0.25) is 13.1 Å². The van der Waals surface area contributed by atoms with E-state index in [2.05, 4.69) is 73.8 Å². The highest BCUT2D eigenvalue weighted by atomic mass is 29.2. The molecule has 0 spiro atoms. The van der Waals surface area contributed by atoms with Crippen molar-refractivity contribution in [3.63, 3.8) is 0 Å². The average molecular weight is 242 g/mol. The number of hydrogen-bond acceptors (Lipinski definition) is 0. The van der Waals surface area contributed by atoms with Gasteiger partial charge in [-0.1, -0.05) is 84.1 Å². The van der Waals surface area contributed by atoms with Gasteiger partial charge in [-0.3, -0.25) is 0 Å². The highest BCUT2D eigenvalue weighted by Gasteiger charge is 2.20. The Balaban J connectivity index is 2.40. The molecule has 2 aromatic rings. The van der Waals surface area contributed by atoms with Gasteiger partial charge in [-0.15, -0.1) is 0 Å². The summed E-state index contributed by atoms with van der Waals surface area (Å²) in [6.07, 6.45) is 0. The van der Waals surface area contributed by atoms with Crippen molar-refractivity contribution in [2.45, 2.75) is 13.1 Å². The summed E-state index contributed by atoms with van der Waals surface area (Å²) in [6.45, 7) is 4.97. The molecule has 0 aliphatic carbocycles. The zero-order chi connectivity index (χ0) is 11.4. The van der Waals surface area contributed by atoms with Crippen molar-refractivity contribution in [2.75, 3.05) is 0 Å². The lowest BCUT2D eigenvalue weighted by atomic mass is 10.4. The van der Waals surface area contributed by atoms with Gasteiger partial charge in [-0.05, 0) is 0 Å². The molecule has 0 radical (unpaired) electrons. The van der Waals surface area contributed by atoms with Crippen molar-refractivity contribution >= 4 is 27.0 Å². The fraction of sp³-hybridized carbons (Fsp3) is 0.143. The Kier molecular flexibility index (Phi) is 3.75. The predicted octanol–water partition coefficient (Wildman–Crippen LogP) is 1.59. The second-order valence-corrected chi connectivity index (χ2v) is 15.3. The molecule has 0 atom stereocenters. The summed E-state index contributed by atoms with van der Waals surface area (Å²) in [5.41, 5.74) is 0. The van der Waals surface area contributed by atoms with E-state index in [1.165, 1.54) is 0 Å². The fourth-order valence-electron chi connectivity index (χ4n) is 2.28. The van der Waals surface area contributed by atoms with Crippen LogP contribution in [-0.2, 0) is 0 Å². The molecule has 0 saturated carbocycles. The summed E-state index contributed by atoms with van der Waals surface area (Å²) in [5.74, 6) is 0. The second-order valence-electron chi connectivity index (χ2n) is 4.54. The third-order valence-corrected chi connectivity index (χ3v) is 12.8. The highest BCUT2D eigenvalue weighted by molar-refractivity contribution is 7.32. The topological polar surface area (TPSA) is 0 Å². The highest BCUT2D eigenvalue weighted by Crippen LogP contribution is 1.96. The lowest BCUT2D eigenvalue weighted by Gasteiger charge is -2.19. The first-order valence-corrected chi connectivity index (χ1v) is 12.0. The first-order chi connectivity index (χ1) is 7.79. The van der Waals surface area contributed by atoms with Crippen LogP contribution in [-0.4, -0.2) is 16.6 Å². The van der Waals surface area contributed by atoms with E-state index in [1.54, 1.807) is 10.4 Å². The van der Waals surface area contributed by atoms with Crippen molar-refractivity contribution in [1.29, 1.82) is 0 Å². The van der Waals surface area contributed by atoms with E-state index in [0.29, 0.717) is 0 Å². The molecule has 0 aliphatic heterocycles. The molecule has 0 amide bonds. The summed E-state index contributed by atoms with van der Waals surface area (Å²) in [7, 11) is -1.48. The van der Waals surface area contributed by atoms with E-state index in [0.717, 1.165) is 0 Å². The van der Waals surface area contributed by atoms with Crippen molar-refractivity contribution in [3.8, 4) is 0 Å². The van der Waals surface area contributed by atoms with Gasteiger partial charge < -0.3 is 0 Å². The molecule has 2 heteroatoms. The summed E-state index contributed by atoms with van der Waals surface area (Å²) in [6, 6.07) is 22.2. The molecule has 16 heavy (non-hydrogen) atoms. The molecular formula is C14H18Si2. The van der Waals surface area contributed by atoms with Crippen LogP contribution in [0.3, 0.4) is 0 Å². The van der Waals surface area contributed by atoms with Gasteiger partial charge in [0.05, 0.1) is 8.31 Å². The van der Waals surface area contributed by atoms with Crippen molar-refractivity contribution < 1.29 is 0 Å². The molecule has 0 aliphatic rings. The van der Waals surface area contributed by atoms with Crippen LogP contribution in [0, 0.1) is 0 Å². The number of rotatable bonds is 3. The maximum atomic E-state index is 2.48. The van der Waals surface area contributed by atoms with E-state index in [1.807, 2.05) is 0 Å². The third kappa shape index (κ3) is 2.51. The molecule has 0 fully saturated rings. The second kappa shape index (κ2) is 5.28. The maximum absolute atomic E-state index is 2.48. The molecule has 0 saturated heterocycles. The lowest BCUT2D eigenvalue weighted by molar-refractivity contribution is 1.74. The van der Waals surface area contributed by atoms with Crippen LogP contribution in [0.4, 0.5) is 0 Å². The Morgan fingerprint density at radius 3 is 1.31 bits per heavy atom. The third-order valence-electron chi connectivity index (χ3n) is 2.98. The van der Waals surface area contributed by atoms with E-state index < -0.39 is 16.6 Å². The van der Waals surface area contributed by atoms with Gasteiger partial charge in [0.2, 0.25) is 0 Å². The van der Waals surface area contributed by atoms with Gasteiger partial charge in [-0.2, -0.15) is 0 Å². The molecule has 2 rings (SSSR count). The Bertz CT molecular complexity index is 384. The molecule has 0 bridgehead atoms. The normalized spacial score (nSPS) is 11.0. The molecule has 2 aromatic carbocycles.